The van der Waals surface area contributed by atoms with E-state index in [2.05, 4.69) is 29.2 Å². The van der Waals surface area contributed by atoms with Crippen LogP contribution in [0.1, 0.15) is 24.6 Å². The zero-order valence-electron chi connectivity index (χ0n) is 15.0. The highest BCUT2D eigenvalue weighted by atomic mass is 32.2. The van der Waals surface area contributed by atoms with Crippen molar-refractivity contribution in [3.8, 4) is 6.07 Å². The second kappa shape index (κ2) is 12.1. The standard InChI is InChI=1S/C15H18N4O6S2/c1-23-10(20)4-6-26-14-17-12(9(8-16)13(22)25-3)18-15(19-14)27-7-5-11(21)24-2/h9H,4-7H2,1-3H3. The maximum Gasteiger partial charge on any atom is 0.331 e. The molecular weight excluding hydrogens is 396 g/mol. The Kier molecular flexibility index (Phi) is 10.1. The summed E-state index contributed by atoms with van der Waals surface area (Å²) in [7, 11) is 3.74. The Labute approximate surface area is 164 Å². The third kappa shape index (κ3) is 7.79. The van der Waals surface area contributed by atoms with Gasteiger partial charge in [-0.15, -0.1) is 0 Å². The number of rotatable bonds is 10. The molecular formula is C15H18N4O6S2. The third-order valence-corrected chi connectivity index (χ3v) is 4.66. The first-order valence-corrected chi connectivity index (χ1v) is 9.54. The van der Waals surface area contributed by atoms with Gasteiger partial charge >= 0.3 is 17.9 Å². The first-order chi connectivity index (χ1) is 12.9. The number of methoxy groups -OCH3 is 3. The Hall–Kier alpha value is -2.39. The Bertz CT molecular complexity index is 684. The maximum absolute atomic E-state index is 11.8. The van der Waals surface area contributed by atoms with Crippen LogP contribution >= 0.6 is 23.5 Å². The van der Waals surface area contributed by atoms with Crippen LogP contribution in [0.3, 0.4) is 0 Å². The number of aromatic nitrogens is 3. The molecule has 146 valence electrons. The SMILES string of the molecule is COC(=O)CCSc1nc(SCCC(=O)OC)nc(C(C#N)C(=O)OC)n1. The molecule has 12 heteroatoms. The Morgan fingerprint density at radius 3 is 1.78 bits per heavy atom. The number of nitrogens with zero attached hydrogens (tertiary/aromatic N) is 4. The predicted octanol–water partition coefficient (Wildman–Crippen LogP) is 0.962. The monoisotopic (exact) mass is 414 g/mol. The van der Waals surface area contributed by atoms with Crippen LogP contribution in [-0.4, -0.2) is 65.7 Å². The van der Waals surface area contributed by atoms with Crippen LogP contribution in [-0.2, 0) is 28.6 Å². The molecule has 10 nitrogen and oxygen atoms in total. The maximum atomic E-state index is 11.8. The van der Waals surface area contributed by atoms with Gasteiger partial charge in [-0.1, -0.05) is 23.5 Å². The lowest BCUT2D eigenvalue weighted by Crippen LogP contribution is -2.17. The van der Waals surface area contributed by atoms with Crippen LogP contribution in [0.15, 0.2) is 10.3 Å². The van der Waals surface area contributed by atoms with Crippen LogP contribution < -0.4 is 0 Å². The fraction of sp³-hybridized carbons (Fsp3) is 0.533. The molecule has 0 saturated heterocycles. The lowest BCUT2D eigenvalue weighted by Gasteiger charge is -2.09. The van der Waals surface area contributed by atoms with E-state index in [0.717, 1.165) is 30.6 Å². The molecule has 1 rings (SSSR count). The minimum absolute atomic E-state index is 0.0551. The van der Waals surface area contributed by atoms with E-state index in [4.69, 9.17) is 0 Å². The smallest absolute Gasteiger partial charge is 0.331 e. The summed E-state index contributed by atoms with van der Waals surface area (Å²) in [6.45, 7) is 0. The van der Waals surface area contributed by atoms with Gasteiger partial charge in [-0.05, 0) is 0 Å². The fourth-order valence-corrected chi connectivity index (χ4v) is 3.18. The lowest BCUT2D eigenvalue weighted by atomic mass is 10.1. The van der Waals surface area contributed by atoms with Gasteiger partial charge in [0.05, 0.1) is 40.2 Å². The fourth-order valence-electron chi connectivity index (χ4n) is 1.60. The number of hydrogen-bond donors (Lipinski definition) is 0. The number of nitriles is 1. The van der Waals surface area contributed by atoms with Crippen molar-refractivity contribution in [2.24, 2.45) is 0 Å². The molecule has 0 saturated carbocycles. The average molecular weight is 414 g/mol. The molecule has 0 radical (unpaired) electrons. The number of carbonyl (C=O) groups excluding carboxylic acids is 3. The molecule has 0 N–H and O–H groups in total. The van der Waals surface area contributed by atoms with Crippen LogP contribution in [0.25, 0.3) is 0 Å². The second-order valence-electron chi connectivity index (χ2n) is 4.69. The van der Waals surface area contributed by atoms with Crippen molar-refractivity contribution < 1.29 is 28.6 Å². The highest BCUT2D eigenvalue weighted by Gasteiger charge is 2.26. The quantitative estimate of drug-likeness (QED) is 0.306. The number of carbonyl (C=O) groups is 3. The first kappa shape index (κ1) is 22.7. The highest BCUT2D eigenvalue weighted by molar-refractivity contribution is 7.99. The molecule has 0 fully saturated rings. The Morgan fingerprint density at radius 1 is 0.926 bits per heavy atom. The zero-order chi connectivity index (χ0) is 20.2. The van der Waals surface area contributed by atoms with E-state index in [9.17, 15) is 19.6 Å². The van der Waals surface area contributed by atoms with Gasteiger partial charge in [0.15, 0.2) is 16.1 Å². The summed E-state index contributed by atoms with van der Waals surface area (Å²) >= 11 is 2.31. The topological polar surface area (TPSA) is 141 Å². The highest BCUT2D eigenvalue weighted by Crippen LogP contribution is 2.23. The molecule has 0 amide bonds. The zero-order valence-corrected chi connectivity index (χ0v) is 16.6. The van der Waals surface area contributed by atoms with Crippen molar-refractivity contribution in [1.82, 2.24) is 15.0 Å². The number of thioether (sulfide) groups is 2. The van der Waals surface area contributed by atoms with Crippen LogP contribution in [0.4, 0.5) is 0 Å². The van der Waals surface area contributed by atoms with Gasteiger partial charge in [0, 0.05) is 11.5 Å². The van der Waals surface area contributed by atoms with Crippen molar-refractivity contribution in [1.29, 1.82) is 5.26 Å². The molecule has 1 atom stereocenters. The van der Waals surface area contributed by atoms with Gasteiger partial charge in [0.25, 0.3) is 0 Å². The Morgan fingerprint density at radius 2 is 1.41 bits per heavy atom. The molecule has 1 aromatic heterocycles. The van der Waals surface area contributed by atoms with E-state index in [1.165, 1.54) is 14.2 Å². The summed E-state index contributed by atoms with van der Waals surface area (Å²) in [6.07, 6.45) is 0.289. The summed E-state index contributed by atoms with van der Waals surface area (Å²) in [4.78, 5) is 46.6. The predicted molar refractivity (Wildman–Crippen MR) is 94.9 cm³/mol. The number of hydrogen-bond acceptors (Lipinski definition) is 12. The summed E-state index contributed by atoms with van der Waals surface area (Å²) in [5.74, 6) is -2.23. The van der Waals surface area contributed by atoms with E-state index < -0.39 is 11.9 Å². The van der Waals surface area contributed by atoms with Gasteiger partial charge in [0.1, 0.15) is 0 Å². The van der Waals surface area contributed by atoms with Crippen molar-refractivity contribution in [3.05, 3.63) is 5.82 Å². The summed E-state index contributed by atoms with van der Waals surface area (Å²) in [6, 6.07) is 1.80. The third-order valence-electron chi connectivity index (χ3n) is 2.97. The van der Waals surface area contributed by atoms with Crippen molar-refractivity contribution in [3.63, 3.8) is 0 Å². The average Bonchev–Trinajstić information content (AvgIpc) is 2.67. The van der Waals surface area contributed by atoms with Crippen LogP contribution in [0, 0.1) is 11.3 Å². The van der Waals surface area contributed by atoms with Gasteiger partial charge in [-0.3, -0.25) is 14.4 Å². The summed E-state index contributed by atoms with van der Waals surface area (Å²) in [5, 5.41) is 9.73. The van der Waals surface area contributed by atoms with Gasteiger partial charge < -0.3 is 14.2 Å². The van der Waals surface area contributed by atoms with E-state index in [-0.39, 0.29) is 40.9 Å². The van der Waals surface area contributed by atoms with E-state index >= 15 is 0 Å². The van der Waals surface area contributed by atoms with Gasteiger partial charge in [-0.25, -0.2) is 9.97 Å². The van der Waals surface area contributed by atoms with Gasteiger partial charge in [0.2, 0.25) is 5.92 Å². The number of ether oxygens (including phenoxy) is 3. The summed E-state index contributed by atoms with van der Waals surface area (Å²) in [5.41, 5.74) is 0. The molecule has 0 spiro atoms. The first-order valence-electron chi connectivity index (χ1n) is 7.57. The molecule has 0 aliphatic rings. The molecule has 1 unspecified atom stereocenters. The molecule has 1 aromatic rings. The Balaban J connectivity index is 2.99. The number of esters is 3. The van der Waals surface area contributed by atoms with Crippen LogP contribution in [0.2, 0.25) is 0 Å². The van der Waals surface area contributed by atoms with E-state index in [0.29, 0.717) is 11.5 Å². The van der Waals surface area contributed by atoms with Gasteiger partial charge in [-0.2, -0.15) is 10.2 Å². The molecule has 1 heterocycles. The largest absolute Gasteiger partial charge is 0.469 e. The van der Waals surface area contributed by atoms with Crippen molar-refractivity contribution >= 4 is 41.4 Å². The normalized spacial score (nSPS) is 11.2. The lowest BCUT2D eigenvalue weighted by molar-refractivity contribution is -0.141. The van der Waals surface area contributed by atoms with Crippen molar-refractivity contribution in [2.75, 3.05) is 32.8 Å². The van der Waals surface area contributed by atoms with E-state index in [1.807, 2.05) is 0 Å². The molecule has 0 aromatic carbocycles. The summed E-state index contributed by atoms with van der Waals surface area (Å²) < 4.78 is 13.7. The molecule has 0 aliphatic carbocycles. The second-order valence-corrected chi connectivity index (χ2v) is 6.82. The van der Waals surface area contributed by atoms with Crippen molar-refractivity contribution in [2.45, 2.75) is 29.1 Å². The van der Waals surface area contributed by atoms with E-state index in [1.54, 1.807) is 6.07 Å². The molecule has 0 aliphatic heterocycles. The minimum atomic E-state index is -1.31. The minimum Gasteiger partial charge on any atom is -0.469 e. The van der Waals surface area contributed by atoms with Crippen LogP contribution in [0.5, 0.6) is 0 Å². The molecule has 0 bridgehead atoms. The molecule has 27 heavy (non-hydrogen) atoms.